The number of nitrogens with zero attached hydrogens (tertiary/aromatic N) is 2. The maximum atomic E-state index is 11.2. The van der Waals surface area contributed by atoms with Gasteiger partial charge in [-0.15, -0.1) is 0 Å². The monoisotopic (exact) mass is 258 g/mol. The number of carbonyl (C=O) groups excluding carboxylic acids is 1. The number of aryl methyl sites for hydroxylation is 1. The van der Waals surface area contributed by atoms with Crippen LogP contribution >= 0.6 is 0 Å². The van der Waals surface area contributed by atoms with Crippen LogP contribution in [0.1, 0.15) is 12.1 Å². The number of fused-ring (bicyclic) bond motifs is 1. The minimum Gasteiger partial charge on any atom is -0.469 e. The topological polar surface area (TPSA) is 42.4 Å². The first-order chi connectivity index (χ1) is 9.11. The molecule has 19 heavy (non-hydrogen) atoms. The largest absolute Gasteiger partial charge is 0.469 e. The summed E-state index contributed by atoms with van der Waals surface area (Å²) in [5, 5.41) is 1.10. The third-order valence-electron chi connectivity index (χ3n) is 3.11. The van der Waals surface area contributed by atoms with Crippen LogP contribution in [0.3, 0.4) is 0 Å². The summed E-state index contributed by atoms with van der Waals surface area (Å²) in [5.74, 6) is -0.193. The molecule has 1 aromatic heterocycles. The number of hydrogen-bond donors (Lipinski definition) is 0. The summed E-state index contributed by atoms with van der Waals surface area (Å²) in [6.45, 7) is 2.60. The van der Waals surface area contributed by atoms with E-state index in [0.717, 1.165) is 22.3 Å². The van der Waals surface area contributed by atoms with Crippen molar-refractivity contribution in [1.29, 1.82) is 0 Å². The van der Waals surface area contributed by atoms with Crippen molar-refractivity contribution in [2.24, 2.45) is 0 Å². The van der Waals surface area contributed by atoms with Crippen molar-refractivity contribution >= 4 is 22.6 Å². The number of aromatic nitrogens is 1. The molecule has 0 bridgehead atoms. The van der Waals surface area contributed by atoms with Gasteiger partial charge in [-0.2, -0.15) is 0 Å². The van der Waals surface area contributed by atoms with Gasteiger partial charge in [0.25, 0.3) is 0 Å². The second-order valence-corrected chi connectivity index (χ2v) is 4.55. The van der Waals surface area contributed by atoms with Crippen LogP contribution in [0.25, 0.3) is 10.9 Å². The fourth-order valence-electron chi connectivity index (χ4n) is 2.08. The molecule has 0 amide bonds. The highest BCUT2D eigenvalue weighted by atomic mass is 16.5. The minimum absolute atomic E-state index is 0.193. The van der Waals surface area contributed by atoms with Crippen LogP contribution in [-0.2, 0) is 9.53 Å². The molecule has 100 valence electrons. The molecule has 0 atom stereocenters. The first-order valence-corrected chi connectivity index (χ1v) is 6.26. The Kier molecular flexibility index (Phi) is 4.00. The summed E-state index contributed by atoms with van der Waals surface area (Å²) < 4.78 is 4.67. The number of carbonyl (C=O) groups is 1. The van der Waals surface area contributed by atoms with Crippen LogP contribution in [0.2, 0.25) is 0 Å². The Morgan fingerprint density at radius 1 is 1.37 bits per heavy atom. The molecule has 0 aliphatic rings. The van der Waals surface area contributed by atoms with Crippen LogP contribution in [0.5, 0.6) is 0 Å². The average Bonchev–Trinajstić information content (AvgIpc) is 2.43. The number of methoxy groups -OCH3 is 1. The van der Waals surface area contributed by atoms with Crippen molar-refractivity contribution < 1.29 is 9.53 Å². The van der Waals surface area contributed by atoms with Gasteiger partial charge in [0.15, 0.2) is 0 Å². The number of esters is 1. The first kappa shape index (κ1) is 13.3. The van der Waals surface area contributed by atoms with Crippen LogP contribution in [-0.4, -0.2) is 31.7 Å². The third kappa shape index (κ3) is 3.02. The summed E-state index contributed by atoms with van der Waals surface area (Å²) in [6.07, 6.45) is 0.378. The minimum atomic E-state index is -0.193. The normalized spacial score (nSPS) is 10.5. The van der Waals surface area contributed by atoms with E-state index in [1.807, 2.05) is 44.3 Å². The van der Waals surface area contributed by atoms with E-state index in [1.54, 1.807) is 0 Å². The zero-order valence-electron chi connectivity index (χ0n) is 11.5. The molecule has 1 heterocycles. The molecule has 2 rings (SSSR count). The van der Waals surface area contributed by atoms with Crippen molar-refractivity contribution in [1.82, 2.24) is 4.98 Å². The van der Waals surface area contributed by atoms with Gasteiger partial charge in [-0.1, -0.05) is 18.2 Å². The van der Waals surface area contributed by atoms with E-state index in [2.05, 4.69) is 14.6 Å². The Morgan fingerprint density at radius 2 is 2.11 bits per heavy atom. The molecule has 0 aliphatic heterocycles. The molecular weight excluding hydrogens is 240 g/mol. The number of rotatable bonds is 4. The fraction of sp³-hybridized carbons (Fsp3) is 0.333. The highest BCUT2D eigenvalue weighted by Crippen LogP contribution is 2.25. The van der Waals surface area contributed by atoms with E-state index in [9.17, 15) is 4.79 Å². The number of pyridine rings is 1. The molecule has 0 aliphatic carbocycles. The zero-order valence-corrected chi connectivity index (χ0v) is 11.5. The van der Waals surface area contributed by atoms with Gasteiger partial charge >= 0.3 is 5.97 Å². The van der Waals surface area contributed by atoms with E-state index in [-0.39, 0.29) is 5.97 Å². The highest BCUT2D eigenvalue weighted by molar-refractivity contribution is 5.92. The predicted molar refractivity (Wildman–Crippen MR) is 76.4 cm³/mol. The van der Waals surface area contributed by atoms with E-state index in [4.69, 9.17) is 0 Å². The van der Waals surface area contributed by atoms with Gasteiger partial charge in [0.1, 0.15) is 0 Å². The SMILES string of the molecule is COC(=O)CCN(C)c1cc(C)nc2ccccc12. The summed E-state index contributed by atoms with van der Waals surface area (Å²) in [5.41, 5.74) is 3.04. The van der Waals surface area contributed by atoms with Gasteiger partial charge in [-0.3, -0.25) is 9.78 Å². The molecule has 0 unspecified atom stereocenters. The second-order valence-electron chi connectivity index (χ2n) is 4.55. The van der Waals surface area contributed by atoms with Crippen molar-refractivity contribution in [3.05, 3.63) is 36.0 Å². The van der Waals surface area contributed by atoms with Crippen LogP contribution < -0.4 is 4.90 Å². The molecule has 0 saturated heterocycles. The first-order valence-electron chi connectivity index (χ1n) is 6.26. The van der Waals surface area contributed by atoms with Crippen molar-refractivity contribution in [2.75, 3.05) is 25.6 Å². The lowest BCUT2D eigenvalue weighted by atomic mass is 10.1. The van der Waals surface area contributed by atoms with Crippen LogP contribution in [0.4, 0.5) is 5.69 Å². The van der Waals surface area contributed by atoms with E-state index < -0.39 is 0 Å². The lowest BCUT2D eigenvalue weighted by Gasteiger charge is -2.21. The Balaban J connectivity index is 2.30. The third-order valence-corrected chi connectivity index (χ3v) is 3.11. The number of hydrogen-bond acceptors (Lipinski definition) is 4. The summed E-state index contributed by atoms with van der Waals surface area (Å²) in [6, 6.07) is 10.1. The molecule has 0 saturated carbocycles. The number of anilines is 1. The van der Waals surface area contributed by atoms with E-state index in [1.165, 1.54) is 7.11 Å². The Labute approximate surface area is 113 Å². The maximum absolute atomic E-state index is 11.2. The van der Waals surface area contributed by atoms with Gasteiger partial charge in [-0.05, 0) is 19.1 Å². The molecule has 0 N–H and O–H groups in total. The van der Waals surface area contributed by atoms with Gasteiger partial charge in [-0.25, -0.2) is 0 Å². The van der Waals surface area contributed by atoms with Crippen LogP contribution in [0, 0.1) is 6.92 Å². The van der Waals surface area contributed by atoms with Crippen molar-refractivity contribution in [2.45, 2.75) is 13.3 Å². The lowest BCUT2D eigenvalue weighted by molar-refractivity contribution is -0.140. The molecule has 0 spiro atoms. The molecule has 0 radical (unpaired) electrons. The number of ether oxygens (including phenoxy) is 1. The van der Waals surface area contributed by atoms with E-state index >= 15 is 0 Å². The van der Waals surface area contributed by atoms with Crippen molar-refractivity contribution in [3.8, 4) is 0 Å². The van der Waals surface area contributed by atoms with E-state index in [0.29, 0.717) is 13.0 Å². The summed E-state index contributed by atoms with van der Waals surface area (Å²) in [4.78, 5) is 17.8. The quantitative estimate of drug-likeness (QED) is 0.790. The Morgan fingerprint density at radius 3 is 2.84 bits per heavy atom. The van der Waals surface area contributed by atoms with Crippen LogP contribution in [0.15, 0.2) is 30.3 Å². The molecule has 4 heteroatoms. The summed E-state index contributed by atoms with van der Waals surface area (Å²) in [7, 11) is 3.39. The summed E-state index contributed by atoms with van der Waals surface area (Å²) >= 11 is 0. The molecule has 0 fully saturated rings. The average molecular weight is 258 g/mol. The number of benzene rings is 1. The van der Waals surface area contributed by atoms with Gasteiger partial charge in [0.2, 0.25) is 0 Å². The number of para-hydroxylation sites is 1. The van der Waals surface area contributed by atoms with Gasteiger partial charge < -0.3 is 9.64 Å². The molecular formula is C15H18N2O2. The van der Waals surface area contributed by atoms with Gasteiger partial charge in [0.05, 0.1) is 19.0 Å². The highest BCUT2D eigenvalue weighted by Gasteiger charge is 2.10. The van der Waals surface area contributed by atoms with Gasteiger partial charge in [0, 0.05) is 30.4 Å². The second kappa shape index (κ2) is 5.69. The Hall–Kier alpha value is -2.10. The lowest BCUT2D eigenvalue weighted by Crippen LogP contribution is -2.22. The Bertz CT molecular complexity index is 596. The smallest absolute Gasteiger partial charge is 0.307 e. The molecule has 2 aromatic rings. The fourth-order valence-corrected chi connectivity index (χ4v) is 2.08. The molecule has 4 nitrogen and oxygen atoms in total. The standard InChI is InChI=1S/C15H18N2O2/c1-11-10-14(17(2)9-8-15(18)19-3)12-6-4-5-7-13(12)16-11/h4-7,10H,8-9H2,1-3H3. The maximum Gasteiger partial charge on any atom is 0.307 e. The molecule has 1 aromatic carbocycles. The predicted octanol–water partition coefficient (Wildman–Crippen LogP) is 2.54. The zero-order chi connectivity index (χ0) is 13.8. The van der Waals surface area contributed by atoms with Crippen molar-refractivity contribution in [3.63, 3.8) is 0 Å².